The quantitative estimate of drug-likeness (QED) is 0.816. The van der Waals surface area contributed by atoms with Gasteiger partial charge in [-0.1, -0.05) is 6.07 Å². The van der Waals surface area contributed by atoms with E-state index < -0.39 is 11.6 Å². The summed E-state index contributed by atoms with van der Waals surface area (Å²) in [4.78, 5) is 0. The van der Waals surface area contributed by atoms with Crippen LogP contribution in [-0.2, 0) is 6.54 Å². The van der Waals surface area contributed by atoms with E-state index in [1.54, 1.807) is 12.1 Å². The zero-order valence-corrected chi connectivity index (χ0v) is 10.0. The Labute approximate surface area is 104 Å². The van der Waals surface area contributed by atoms with E-state index in [0.29, 0.717) is 17.8 Å². The molecular formula is C14H14F2N2. The van der Waals surface area contributed by atoms with E-state index in [1.165, 1.54) is 6.07 Å². The second kappa shape index (κ2) is 5.04. The van der Waals surface area contributed by atoms with Gasteiger partial charge >= 0.3 is 0 Å². The number of nitrogens with one attached hydrogen (secondary N) is 1. The summed E-state index contributed by atoms with van der Waals surface area (Å²) in [6.45, 7) is 2.36. The van der Waals surface area contributed by atoms with Crippen LogP contribution in [0.2, 0.25) is 0 Å². The van der Waals surface area contributed by atoms with Crippen LogP contribution in [0.1, 0.15) is 11.1 Å². The van der Waals surface area contributed by atoms with E-state index in [1.807, 2.05) is 19.1 Å². The van der Waals surface area contributed by atoms with Crippen LogP contribution in [0.5, 0.6) is 0 Å². The van der Waals surface area contributed by atoms with Crippen molar-refractivity contribution < 1.29 is 8.78 Å². The zero-order chi connectivity index (χ0) is 13.1. The molecule has 0 radical (unpaired) electrons. The van der Waals surface area contributed by atoms with E-state index in [9.17, 15) is 8.78 Å². The van der Waals surface area contributed by atoms with Crippen molar-refractivity contribution in [3.8, 4) is 0 Å². The molecule has 0 aliphatic heterocycles. The van der Waals surface area contributed by atoms with Crippen molar-refractivity contribution >= 4 is 11.4 Å². The van der Waals surface area contributed by atoms with Gasteiger partial charge < -0.3 is 11.1 Å². The van der Waals surface area contributed by atoms with Gasteiger partial charge in [0.1, 0.15) is 0 Å². The van der Waals surface area contributed by atoms with Crippen LogP contribution >= 0.6 is 0 Å². The fourth-order valence-electron chi connectivity index (χ4n) is 1.77. The van der Waals surface area contributed by atoms with Crippen molar-refractivity contribution in [3.63, 3.8) is 0 Å². The molecule has 94 valence electrons. The van der Waals surface area contributed by atoms with Crippen LogP contribution < -0.4 is 11.1 Å². The number of nitrogen functional groups attached to an aromatic ring is 1. The fraction of sp³-hybridized carbons (Fsp3) is 0.143. The smallest absolute Gasteiger partial charge is 0.159 e. The summed E-state index contributed by atoms with van der Waals surface area (Å²) in [7, 11) is 0. The third-order valence-electron chi connectivity index (χ3n) is 2.58. The van der Waals surface area contributed by atoms with Crippen LogP contribution in [0.4, 0.5) is 20.2 Å². The van der Waals surface area contributed by atoms with Crippen LogP contribution in [0.3, 0.4) is 0 Å². The second-order valence-electron chi connectivity index (χ2n) is 4.23. The molecule has 18 heavy (non-hydrogen) atoms. The number of aryl methyl sites for hydroxylation is 1. The van der Waals surface area contributed by atoms with Crippen molar-refractivity contribution in [3.05, 3.63) is 59.2 Å². The first-order valence-electron chi connectivity index (χ1n) is 5.59. The van der Waals surface area contributed by atoms with Crippen LogP contribution in [0.15, 0.2) is 36.4 Å². The molecule has 0 atom stereocenters. The predicted octanol–water partition coefficient (Wildman–Crippen LogP) is 3.47. The first kappa shape index (κ1) is 12.4. The molecule has 0 heterocycles. The lowest BCUT2D eigenvalue weighted by Crippen LogP contribution is -2.01. The number of halogens is 2. The molecule has 0 fully saturated rings. The SMILES string of the molecule is Cc1cc(N)cc(NCc2ccc(F)c(F)c2)c1. The Morgan fingerprint density at radius 2 is 1.83 bits per heavy atom. The second-order valence-corrected chi connectivity index (χ2v) is 4.23. The Morgan fingerprint density at radius 3 is 2.50 bits per heavy atom. The van der Waals surface area contributed by atoms with Gasteiger partial charge in [0.2, 0.25) is 0 Å². The van der Waals surface area contributed by atoms with Gasteiger partial charge in [0.15, 0.2) is 11.6 Å². The molecule has 0 unspecified atom stereocenters. The Morgan fingerprint density at radius 1 is 1.06 bits per heavy atom. The monoisotopic (exact) mass is 248 g/mol. The summed E-state index contributed by atoms with van der Waals surface area (Å²) in [6.07, 6.45) is 0. The summed E-state index contributed by atoms with van der Waals surface area (Å²) in [5, 5.41) is 3.12. The standard InChI is InChI=1S/C14H14F2N2/c1-9-4-11(17)7-12(5-9)18-8-10-2-3-13(15)14(16)6-10/h2-7,18H,8,17H2,1H3. The van der Waals surface area contributed by atoms with Crippen molar-refractivity contribution in [2.75, 3.05) is 11.1 Å². The molecule has 2 aromatic rings. The summed E-state index contributed by atoms with van der Waals surface area (Å²) in [5.41, 5.74) is 8.97. The topological polar surface area (TPSA) is 38.0 Å². The van der Waals surface area contributed by atoms with Crippen molar-refractivity contribution in [1.82, 2.24) is 0 Å². The third-order valence-corrected chi connectivity index (χ3v) is 2.58. The highest BCUT2D eigenvalue weighted by atomic mass is 19.2. The molecule has 2 rings (SSSR count). The van der Waals surface area contributed by atoms with Gasteiger partial charge in [0, 0.05) is 17.9 Å². The molecule has 0 saturated carbocycles. The summed E-state index contributed by atoms with van der Waals surface area (Å²) >= 11 is 0. The molecule has 3 N–H and O–H groups in total. The number of hydrogen-bond acceptors (Lipinski definition) is 2. The highest BCUT2D eigenvalue weighted by Crippen LogP contribution is 2.17. The number of benzene rings is 2. The minimum Gasteiger partial charge on any atom is -0.399 e. The van der Waals surface area contributed by atoms with Gasteiger partial charge in [-0.3, -0.25) is 0 Å². The Balaban J connectivity index is 2.08. The lowest BCUT2D eigenvalue weighted by atomic mass is 10.1. The van der Waals surface area contributed by atoms with Crippen LogP contribution in [-0.4, -0.2) is 0 Å². The third kappa shape index (κ3) is 2.97. The summed E-state index contributed by atoms with van der Waals surface area (Å²) in [6, 6.07) is 9.45. The average molecular weight is 248 g/mol. The molecule has 2 nitrogen and oxygen atoms in total. The first-order chi connectivity index (χ1) is 8.54. The number of anilines is 2. The minimum atomic E-state index is -0.835. The lowest BCUT2D eigenvalue weighted by molar-refractivity contribution is 0.507. The first-order valence-corrected chi connectivity index (χ1v) is 5.59. The molecule has 0 saturated heterocycles. The predicted molar refractivity (Wildman–Crippen MR) is 69.3 cm³/mol. The maximum atomic E-state index is 13.0. The zero-order valence-electron chi connectivity index (χ0n) is 10.0. The number of rotatable bonds is 3. The molecular weight excluding hydrogens is 234 g/mol. The van der Waals surface area contributed by atoms with Gasteiger partial charge in [-0.15, -0.1) is 0 Å². The average Bonchev–Trinajstić information content (AvgIpc) is 2.29. The number of hydrogen-bond donors (Lipinski definition) is 2. The fourth-order valence-corrected chi connectivity index (χ4v) is 1.77. The molecule has 0 aromatic heterocycles. The van der Waals surface area contributed by atoms with Gasteiger partial charge in [0.05, 0.1) is 0 Å². The minimum absolute atomic E-state index is 0.417. The molecule has 4 heteroatoms. The Hall–Kier alpha value is -2.10. The van der Waals surface area contributed by atoms with E-state index in [2.05, 4.69) is 5.32 Å². The summed E-state index contributed by atoms with van der Waals surface area (Å²) < 4.78 is 25.8. The van der Waals surface area contributed by atoms with Gasteiger partial charge in [-0.25, -0.2) is 8.78 Å². The highest BCUT2D eigenvalue weighted by molar-refractivity contribution is 5.56. The number of nitrogens with two attached hydrogens (primary N) is 1. The van der Waals surface area contributed by atoms with Gasteiger partial charge in [-0.05, 0) is 48.4 Å². The molecule has 2 aromatic carbocycles. The molecule has 0 bridgehead atoms. The molecule has 0 aliphatic rings. The highest BCUT2D eigenvalue weighted by Gasteiger charge is 2.02. The van der Waals surface area contributed by atoms with E-state index in [4.69, 9.17) is 5.73 Å². The Bertz CT molecular complexity index is 547. The van der Waals surface area contributed by atoms with Crippen molar-refractivity contribution in [1.29, 1.82) is 0 Å². The molecule has 0 amide bonds. The normalized spacial score (nSPS) is 10.4. The van der Waals surface area contributed by atoms with E-state index >= 15 is 0 Å². The maximum absolute atomic E-state index is 13.0. The largest absolute Gasteiger partial charge is 0.399 e. The van der Waals surface area contributed by atoms with E-state index in [0.717, 1.165) is 17.3 Å². The lowest BCUT2D eigenvalue weighted by Gasteiger charge is -2.09. The maximum Gasteiger partial charge on any atom is 0.159 e. The van der Waals surface area contributed by atoms with Crippen molar-refractivity contribution in [2.45, 2.75) is 13.5 Å². The van der Waals surface area contributed by atoms with Crippen LogP contribution in [0.25, 0.3) is 0 Å². The van der Waals surface area contributed by atoms with Gasteiger partial charge in [-0.2, -0.15) is 0 Å². The van der Waals surface area contributed by atoms with Crippen molar-refractivity contribution in [2.24, 2.45) is 0 Å². The molecule has 0 spiro atoms. The Kier molecular flexibility index (Phi) is 3.46. The van der Waals surface area contributed by atoms with E-state index in [-0.39, 0.29) is 0 Å². The van der Waals surface area contributed by atoms with Crippen LogP contribution in [0, 0.1) is 18.6 Å². The summed E-state index contributed by atoms with van der Waals surface area (Å²) in [5.74, 6) is -1.67. The van der Waals surface area contributed by atoms with Gasteiger partial charge in [0.25, 0.3) is 0 Å². The molecule has 0 aliphatic carbocycles.